The lowest BCUT2D eigenvalue weighted by Gasteiger charge is -2.27. The number of piperidine rings is 3. The number of rotatable bonds is 27. The Hall–Kier alpha value is -9.03. The zero-order chi connectivity index (χ0) is 66.5. The maximum Gasteiger partial charge on any atom is 0.329 e. The van der Waals surface area contributed by atoms with Crippen LogP contribution in [0.3, 0.4) is 0 Å². The molecular formula is C71H90N14O9S. The molecule has 3 aromatic carbocycles. The zero-order valence-electron chi connectivity index (χ0n) is 55.1. The minimum Gasteiger partial charge on any atom is -0.465 e. The molecule has 6 aromatic heterocycles. The number of para-hydroxylation sites is 5. The number of hydrogen-bond donors (Lipinski definition) is 6. The van der Waals surface area contributed by atoms with Gasteiger partial charge in [0.15, 0.2) is 16.7 Å². The molecule has 3 aliphatic rings. The van der Waals surface area contributed by atoms with E-state index in [9.17, 15) is 28.8 Å². The van der Waals surface area contributed by atoms with Gasteiger partial charge in [-0.2, -0.15) is 0 Å². The number of likely N-dealkylation sites (tertiary alicyclic amines) is 1. The predicted octanol–water partition coefficient (Wildman–Crippen LogP) is 11.4. The van der Waals surface area contributed by atoms with Gasteiger partial charge in [0.05, 0.1) is 72.3 Å². The van der Waals surface area contributed by atoms with Crippen LogP contribution < -0.4 is 15.1 Å². The van der Waals surface area contributed by atoms with E-state index >= 15 is 0 Å². The number of fused-ring (bicyclic) bond motifs is 3. The second kappa shape index (κ2) is 34.4. The van der Waals surface area contributed by atoms with Gasteiger partial charge in [0.2, 0.25) is 5.95 Å². The van der Waals surface area contributed by atoms with Gasteiger partial charge in [-0.05, 0) is 133 Å². The van der Waals surface area contributed by atoms with Crippen molar-refractivity contribution in [3.8, 4) is 0 Å². The highest BCUT2D eigenvalue weighted by atomic mass is 32.1. The van der Waals surface area contributed by atoms with Crippen LogP contribution in [0, 0.1) is 11.8 Å². The molecule has 3 fully saturated rings. The van der Waals surface area contributed by atoms with Gasteiger partial charge in [-0.3, -0.25) is 24.0 Å². The van der Waals surface area contributed by atoms with Crippen molar-refractivity contribution in [3.05, 3.63) is 137 Å². The fourth-order valence-electron chi connectivity index (χ4n) is 12.0. The molecular weight excluding hydrogens is 1220 g/mol. The Morgan fingerprint density at radius 1 is 0.568 bits per heavy atom. The highest BCUT2D eigenvalue weighted by Gasteiger charge is 2.31. The maximum absolute atomic E-state index is 13.0. The van der Waals surface area contributed by atoms with E-state index in [0.717, 1.165) is 159 Å². The predicted molar refractivity (Wildman–Crippen MR) is 367 cm³/mol. The number of ether oxygens (including phenoxy) is 3. The maximum atomic E-state index is 13.0. The van der Waals surface area contributed by atoms with Crippen LogP contribution in [0.25, 0.3) is 33.0 Å². The molecule has 3 saturated heterocycles. The number of thiazole rings is 1. The number of amides is 1. The van der Waals surface area contributed by atoms with Crippen molar-refractivity contribution in [2.75, 3.05) is 75.9 Å². The molecule has 9 heterocycles. The molecule has 95 heavy (non-hydrogen) atoms. The molecule has 3 unspecified atom stereocenters. The van der Waals surface area contributed by atoms with E-state index in [4.69, 9.17) is 14.2 Å². The van der Waals surface area contributed by atoms with Gasteiger partial charge in [0.1, 0.15) is 39.8 Å². The van der Waals surface area contributed by atoms with E-state index < -0.39 is 23.8 Å². The van der Waals surface area contributed by atoms with E-state index in [0.29, 0.717) is 72.9 Å². The Morgan fingerprint density at radius 2 is 1.12 bits per heavy atom. The Balaban J connectivity index is 0.000000155. The summed E-state index contributed by atoms with van der Waals surface area (Å²) in [6.07, 6.45) is 18.1. The van der Waals surface area contributed by atoms with Gasteiger partial charge in [0, 0.05) is 75.4 Å². The topological polar surface area (TPSA) is 295 Å². The van der Waals surface area contributed by atoms with Crippen LogP contribution in [-0.4, -0.2) is 162 Å². The van der Waals surface area contributed by atoms with Crippen LogP contribution >= 0.6 is 11.3 Å². The number of aromatic nitrogens is 10. The second-order valence-corrected chi connectivity index (χ2v) is 25.9. The van der Waals surface area contributed by atoms with Crippen LogP contribution in [0.1, 0.15) is 170 Å². The quantitative estimate of drug-likeness (QED) is 0.0121. The van der Waals surface area contributed by atoms with Gasteiger partial charge in [0.25, 0.3) is 5.91 Å². The molecule has 0 aliphatic carbocycles. The average Bonchev–Trinajstić information content (AvgIpc) is 1.95. The molecule has 23 nitrogen and oxygen atoms in total. The molecule has 12 rings (SSSR count). The normalized spacial score (nSPS) is 15.5. The second-order valence-electron chi connectivity index (χ2n) is 24.9. The highest BCUT2D eigenvalue weighted by molar-refractivity contribution is 7.17. The molecule has 0 bridgehead atoms. The molecule has 0 spiro atoms. The van der Waals surface area contributed by atoms with Crippen molar-refractivity contribution in [1.29, 1.82) is 0 Å². The number of nitrogens with zero attached hydrogens (tertiary/aromatic N) is 8. The molecule has 0 saturated carbocycles. The van der Waals surface area contributed by atoms with Crippen LogP contribution in [-0.2, 0) is 47.9 Å². The van der Waals surface area contributed by atoms with E-state index in [1.54, 1.807) is 18.6 Å². The molecule has 3 atom stereocenters. The first-order chi connectivity index (χ1) is 46.3. The van der Waals surface area contributed by atoms with Gasteiger partial charge in [-0.25, -0.2) is 29.7 Å². The third kappa shape index (κ3) is 19.3. The molecule has 9 aromatic rings. The van der Waals surface area contributed by atoms with E-state index in [1.807, 2.05) is 99.6 Å². The van der Waals surface area contributed by atoms with Crippen LogP contribution in [0.2, 0.25) is 0 Å². The lowest BCUT2D eigenvalue weighted by Crippen LogP contribution is -2.43. The summed E-state index contributed by atoms with van der Waals surface area (Å²) in [5.74, 6) is 0.346. The van der Waals surface area contributed by atoms with Crippen LogP contribution in [0.5, 0.6) is 0 Å². The lowest BCUT2D eigenvalue weighted by atomic mass is 9.96. The van der Waals surface area contributed by atoms with Crippen molar-refractivity contribution in [2.45, 2.75) is 142 Å². The Bertz CT molecular complexity index is 3860. The van der Waals surface area contributed by atoms with E-state index in [-0.39, 0.29) is 42.3 Å². The number of unbranched alkanes of at least 4 members (excludes halogenated alkanes) is 1. The van der Waals surface area contributed by atoms with Gasteiger partial charge >= 0.3 is 17.9 Å². The third-order valence-corrected chi connectivity index (χ3v) is 18.4. The molecule has 6 N–H and O–H groups in total. The number of imidazole rings is 4. The first kappa shape index (κ1) is 68.8. The van der Waals surface area contributed by atoms with Crippen LogP contribution in [0.15, 0.2) is 97.5 Å². The summed E-state index contributed by atoms with van der Waals surface area (Å²) in [6.45, 7) is 12.9. The van der Waals surface area contributed by atoms with Gasteiger partial charge < -0.3 is 59.1 Å². The number of hydrogen-bond acceptors (Lipinski definition) is 18. The number of Topliss-reactive ketones (excluding diaryl/α,β-unsaturated/α-hetero) is 2. The summed E-state index contributed by atoms with van der Waals surface area (Å²) in [5.41, 5.74) is 6.25. The number of benzene rings is 3. The molecule has 1 amide bonds. The summed E-state index contributed by atoms with van der Waals surface area (Å²) in [4.78, 5) is 123. The number of anilines is 2. The average molecular weight is 1320 g/mol. The summed E-state index contributed by atoms with van der Waals surface area (Å²) < 4.78 is 16.2. The number of carbonyl (C=O) groups excluding carboxylic acids is 6. The molecule has 0 radical (unpaired) electrons. The summed E-state index contributed by atoms with van der Waals surface area (Å²) in [7, 11) is 2.12. The van der Waals surface area contributed by atoms with Crippen molar-refractivity contribution >= 4 is 90.8 Å². The van der Waals surface area contributed by atoms with Crippen molar-refractivity contribution in [3.63, 3.8) is 0 Å². The standard InChI is InChI=1S/C24H31N5O3.C24H30N4O3S.C23H29N5O3/c1-3-12-32-24(31)17(14-22-26-18-6-4-5-7-19(18)27-22)13-21(30)20-15-25-23(28-20)16-8-10-29(2)11-9-16;1-2-3-13-31-23(30)20(15-18-14-17-9-5-6-10-19(17)26-18)27-22(29)21-16-25-24(32-21)28-11-7-4-8-12-28;1-2-12-31-22(30)16(14-21-25-17-8-4-5-9-18(17)26-21)13-20(29)19-15-24-23(27-19)28-10-6-3-7-11-28/h4-7,15-17H,3,8-14H2,1-2H3,(H,25,28)(H,26,27);5-6,9-10,14,16,20,26H,2-4,7-8,11-13,15H2,1H3,(H,27,29);4-5,8-9,15-16H,2-3,6-7,10-14H2,1H3,(H,24,27)(H,25,26). The number of carbonyl (C=O) groups is 6. The zero-order valence-corrected chi connectivity index (χ0v) is 55.9. The smallest absolute Gasteiger partial charge is 0.329 e. The molecule has 504 valence electrons. The highest BCUT2D eigenvalue weighted by Crippen LogP contribution is 2.29. The third-order valence-electron chi connectivity index (χ3n) is 17.4. The Labute approximate surface area is 557 Å². The fourth-order valence-corrected chi connectivity index (χ4v) is 12.9. The minimum absolute atomic E-state index is 0.0429. The Morgan fingerprint density at radius 3 is 1.69 bits per heavy atom. The monoisotopic (exact) mass is 1310 g/mol. The minimum atomic E-state index is -0.770. The SMILES string of the molecule is CCCCOC(=O)C(Cc1cc2ccccc2[nH]1)NC(=O)c1cnc(N2CCCCC2)s1.CCCOC(=O)C(CC(=O)c1cnc(C2CCN(C)CC2)[nH]1)Cc1nc2ccccc2[nH]1.CCCOC(=O)C(CC(=O)c1cnc(N2CCCCC2)[nH]1)Cc1nc2ccccc2[nH]1. The molecule has 3 aliphatic heterocycles. The summed E-state index contributed by atoms with van der Waals surface area (Å²) in [5, 5.41) is 4.83. The lowest BCUT2D eigenvalue weighted by molar-refractivity contribution is -0.149. The van der Waals surface area contributed by atoms with Crippen molar-refractivity contribution < 1.29 is 43.0 Å². The summed E-state index contributed by atoms with van der Waals surface area (Å²) in [6, 6.07) is 24.6. The summed E-state index contributed by atoms with van der Waals surface area (Å²) >= 11 is 1.38. The first-order valence-corrected chi connectivity index (χ1v) is 34.7. The molecule has 24 heteroatoms. The first-order valence-electron chi connectivity index (χ1n) is 33.9. The van der Waals surface area contributed by atoms with Gasteiger partial charge in [-0.15, -0.1) is 0 Å². The fraction of sp³-hybridized carbons (Fsp3) is 0.479. The largest absolute Gasteiger partial charge is 0.465 e. The van der Waals surface area contributed by atoms with E-state index in [1.165, 1.54) is 24.2 Å². The number of esters is 3. The number of ketones is 2. The van der Waals surface area contributed by atoms with E-state index in [2.05, 4.69) is 76.9 Å². The number of nitrogens with one attached hydrogen (secondary N) is 6. The van der Waals surface area contributed by atoms with Gasteiger partial charge in [-0.1, -0.05) is 81.0 Å². The number of H-pyrrole nitrogens is 5. The van der Waals surface area contributed by atoms with Crippen LogP contribution in [0.4, 0.5) is 11.1 Å². The number of aromatic amines is 5. The van der Waals surface area contributed by atoms with Crippen molar-refractivity contribution in [2.24, 2.45) is 11.8 Å². The Kier molecular flexibility index (Phi) is 24.9. The van der Waals surface area contributed by atoms with Crippen molar-refractivity contribution in [1.82, 2.24) is 60.1 Å².